The van der Waals surface area contributed by atoms with Crippen LogP contribution in [0.3, 0.4) is 0 Å². The number of carbonyl (C=O) groups is 1. The molecule has 0 radical (unpaired) electrons. The second-order valence-electron chi connectivity index (χ2n) is 5.75. The summed E-state index contributed by atoms with van der Waals surface area (Å²) < 4.78 is 1.57. The monoisotopic (exact) mass is 427 g/mol. The van der Waals surface area contributed by atoms with E-state index in [9.17, 15) is 4.79 Å². The van der Waals surface area contributed by atoms with Crippen molar-refractivity contribution in [3.05, 3.63) is 82.3 Å². The second kappa shape index (κ2) is 8.55. The van der Waals surface area contributed by atoms with Crippen LogP contribution >= 0.6 is 34.7 Å². The smallest absolute Gasteiger partial charge is 0.255 e. The Morgan fingerprint density at radius 1 is 1.21 bits per heavy atom. The number of carbonyl (C=O) groups excluding carboxylic acids is 1. The Balaban J connectivity index is 1.47. The molecule has 0 unspecified atom stereocenters. The third-order valence-electron chi connectivity index (χ3n) is 3.86. The van der Waals surface area contributed by atoms with Gasteiger partial charge in [0, 0.05) is 26.6 Å². The van der Waals surface area contributed by atoms with Crippen molar-refractivity contribution < 1.29 is 4.79 Å². The second-order valence-corrected chi connectivity index (χ2v) is 7.95. The fourth-order valence-corrected chi connectivity index (χ4v) is 4.14. The summed E-state index contributed by atoms with van der Waals surface area (Å²) in [6.07, 6.45) is 3.00. The van der Waals surface area contributed by atoms with E-state index in [2.05, 4.69) is 20.4 Å². The van der Waals surface area contributed by atoms with E-state index in [1.807, 2.05) is 23.0 Å². The Hall–Kier alpha value is -2.68. The van der Waals surface area contributed by atoms with Gasteiger partial charge in [-0.1, -0.05) is 11.6 Å². The molecule has 6 nitrogen and oxygen atoms in total. The Morgan fingerprint density at radius 2 is 2.07 bits per heavy atom. The molecule has 1 N–H and O–H groups in total. The molecule has 0 saturated heterocycles. The van der Waals surface area contributed by atoms with Crippen molar-refractivity contribution in [3.63, 3.8) is 0 Å². The maximum Gasteiger partial charge on any atom is 0.255 e. The number of rotatable bonds is 6. The summed E-state index contributed by atoms with van der Waals surface area (Å²) in [5.41, 5.74) is 4.68. The van der Waals surface area contributed by atoms with Crippen LogP contribution in [0.1, 0.15) is 16.1 Å². The summed E-state index contributed by atoms with van der Waals surface area (Å²) in [5.74, 6) is 0.582. The Morgan fingerprint density at radius 3 is 2.79 bits per heavy atom. The summed E-state index contributed by atoms with van der Waals surface area (Å²) in [6.45, 7) is 0. The lowest BCUT2D eigenvalue weighted by atomic mass is 10.2. The van der Waals surface area contributed by atoms with Crippen LogP contribution in [0.25, 0.3) is 5.69 Å². The molecular formula is C19H14ClN5OS2. The van der Waals surface area contributed by atoms with Gasteiger partial charge in [-0.3, -0.25) is 4.79 Å². The highest BCUT2D eigenvalue weighted by Crippen LogP contribution is 2.26. The van der Waals surface area contributed by atoms with Gasteiger partial charge in [0.05, 0.1) is 22.6 Å². The van der Waals surface area contributed by atoms with Gasteiger partial charge in [0.1, 0.15) is 12.7 Å². The molecule has 4 aromatic rings. The molecule has 9 heteroatoms. The lowest BCUT2D eigenvalue weighted by Crippen LogP contribution is -2.14. The highest BCUT2D eigenvalue weighted by atomic mass is 35.5. The topological polar surface area (TPSA) is 72.7 Å². The third kappa shape index (κ3) is 4.41. The molecule has 0 bridgehead atoms. The number of thioether (sulfide) groups is 1. The zero-order chi connectivity index (χ0) is 19.3. The van der Waals surface area contributed by atoms with Gasteiger partial charge < -0.3 is 5.32 Å². The summed E-state index contributed by atoms with van der Waals surface area (Å²) in [6, 6.07) is 12.7. The molecule has 0 aliphatic carbocycles. The standard InChI is InChI=1S/C19H14ClN5OS2/c20-14-3-6-18(25-11-21-10-23-25)17(7-14)24-19(26)13-1-4-16(5-2-13)28-9-15-8-27-12-22-15/h1-8,10-12H,9H2,(H,24,26). The highest BCUT2D eigenvalue weighted by molar-refractivity contribution is 7.98. The molecule has 0 spiro atoms. The summed E-state index contributed by atoms with van der Waals surface area (Å²) in [4.78, 5) is 22.0. The summed E-state index contributed by atoms with van der Waals surface area (Å²) >= 11 is 9.37. The van der Waals surface area contributed by atoms with E-state index in [1.165, 1.54) is 6.33 Å². The molecule has 0 saturated carbocycles. The van der Waals surface area contributed by atoms with Crippen LogP contribution in [-0.2, 0) is 5.75 Å². The molecule has 0 aliphatic heterocycles. The molecular weight excluding hydrogens is 414 g/mol. The van der Waals surface area contributed by atoms with E-state index in [4.69, 9.17) is 11.6 Å². The average Bonchev–Trinajstić information content (AvgIpc) is 3.41. The van der Waals surface area contributed by atoms with Crippen molar-refractivity contribution in [2.45, 2.75) is 10.6 Å². The van der Waals surface area contributed by atoms with E-state index in [0.29, 0.717) is 22.0 Å². The fraction of sp³-hybridized carbons (Fsp3) is 0.0526. The fourth-order valence-electron chi connectivity index (χ4n) is 2.50. The molecule has 4 rings (SSSR count). The average molecular weight is 428 g/mol. The van der Waals surface area contributed by atoms with Crippen LogP contribution in [0, 0.1) is 0 Å². The number of thiazole rings is 1. The van der Waals surface area contributed by atoms with E-state index in [-0.39, 0.29) is 5.91 Å². The number of nitrogens with one attached hydrogen (secondary N) is 1. The number of hydrogen-bond acceptors (Lipinski definition) is 6. The van der Waals surface area contributed by atoms with E-state index >= 15 is 0 Å². The van der Waals surface area contributed by atoms with Crippen molar-refractivity contribution in [1.29, 1.82) is 0 Å². The van der Waals surface area contributed by atoms with E-state index < -0.39 is 0 Å². The van der Waals surface area contributed by atoms with Crippen molar-refractivity contribution >= 4 is 46.3 Å². The predicted molar refractivity (Wildman–Crippen MR) is 112 cm³/mol. The maximum absolute atomic E-state index is 12.7. The first-order chi connectivity index (χ1) is 13.7. The van der Waals surface area contributed by atoms with Gasteiger partial charge in [-0.25, -0.2) is 14.6 Å². The minimum Gasteiger partial charge on any atom is -0.320 e. The number of nitrogens with zero attached hydrogens (tertiary/aromatic N) is 4. The van der Waals surface area contributed by atoms with E-state index in [1.54, 1.807) is 64.4 Å². The number of amides is 1. The number of anilines is 1. The van der Waals surface area contributed by atoms with Gasteiger partial charge in [0.2, 0.25) is 0 Å². The minimum absolute atomic E-state index is 0.223. The molecule has 28 heavy (non-hydrogen) atoms. The number of hydrogen-bond donors (Lipinski definition) is 1. The molecule has 0 atom stereocenters. The predicted octanol–water partition coefficient (Wildman–Crippen LogP) is 4.92. The van der Waals surface area contributed by atoms with Crippen LogP contribution < -0.4 is 5.32 Å². The molecule has 0 aliphatic rings. The SMILES string of the molecule is O=C(Nc1cc(Cl)ccc1-n1cncn1)c1ccc(SCc2cscn2)cc1. The molecule has 2 aromatic heterocycles. The Kier molecular flexibility index (Phi) is 5.70. The normalized spacial score (nSPS) is 10.8. The van der Waals surface area contributed by atoms with Gasteiger partial charge in [0.25, 0.3) is 5.91 Å². The zero-order valence-corrected chi connectivity index (χ0v) is 16.8. The van der Waals surface area contributed by atoms with Crippen LogP contribution in [-0.4, -0.2) is 25.7 Å². The first kappa shape index (κ1) is 18.7. The van der Waals surface area contributed by atoms with Crippen LogP contribution in [0.2, 0.25) is 5.02 Å². The highest BCUT2D eigenvalue weighted by Gasteiger charge is 2.12. The third-order valence-corrected chi connectivity index (χ3v) is 5.78. The quantitative estimate of drug-likeness (QED) is 0.442. The van der Waals surface area contributed by atoms with Crippen molar-refractivity contribution in [1.82, 2.24) is 19.7 Å². The van der Waals surface area contributed by atoms with Crippen molar-refractivity contribution in [2.75, 3.05) is 5.32 Å². The van der Waals surface area contributed by atoms with Gasteiger partial charge in [-0.05, 0) is 42.5 Å². The lowest BCUT2D eigenvalue weighted by Gasteiger charge is -2.11. The van der Waals surface area contributed by atoms with Gasteiger partial charge >= 0.3 is 0 Å². The number of aromatic nitrogens is 4. The molecule has 2 heterocycles. The largest absolute Gasteiger partial charge is 0.320 e. The summed E-state index contributed by atoms with van der Waals surface area (Å²) in [5, 5.41) is 9.57. The molecule has 140 valence electrons. The molecule has 2 aromatic carbocycles. The first-order valence-electron chi connectivity index (χ1n) is 8.25. The number of halogens is 1. The summed E-state index contributed by atoms with van der Waals surface area (Å²) in [7, 11) is 0. The molecule has 1 amide bonds. The Bertz CT molecular complexity index is 1070. The van der Waals surface area contributed by atoms with Crippen LogP contribution in [0.15, 0.2) is 70.9 Å². The first-order valence-corrected chi connectivity index (χ1v) is 10.6. The van der Waals surface area contributed by atoms with Crippen LogP contribution in [0.5, 0.6) is 0 Å². The maximum atomic E-state index is 12.7. The van der Waals surface area contributed by atoms with E-state index in [0.717, 1.165) is 16.3 Å². The number of benzene rings is 2. The van der Waals surface area contributed by atoms with Gasteiger partial charge in [-0.15, -0.1) is 23.1 Å². The Labute approximate surface area is 174 Å². The zero-order valence-electron chi connectivity index (χ0n) is 14.4. The molecule has 0 fully saturated rings. The lowest BCUT2D eigenvalue weighted by molar-refractivity contribution is 0.102. The van der Waals surface area contributed by atoms with Crippen molar-refractivity contribution in [3.8, 4) is 5.69 Å². The minimum atomic E-state index is -0.223. The van der Waals surface area contributed by atoms with Crippen LogP contribution in [0.4, 0.5) is 5.69 Å². The van der Waals surface area contributed by atoms with Gasteiger partial charge in [-0.2, -0.15) is 5.10 Å². The van der Waals surface area contributed by atoms with Gasteiger partial charge in [0.15, 0.2) is 0 Å². The van der Waals surface area contributed by atoms with Crippen molar-refractivity contribution in [2.24, 2.45) is 0 Å².